The van der Waals surface area contributed by atoms with Crippen LogP contribution in [0.5, 0.6) is 0 Å². The van der Waals surface area contributed by atoms with Crippen LogP contribution in [0.15, 0.2) is 36.5 Å². The van der Waals surface area contributed by atoms with Gasteiger partial charge in [-0.05, 0) is 45.0 Å². The molecule has 0 bridgehead atoms. The summed E-state index contributed by atoms with van der Waals surface area (Å²) in [7, 11) is 0. The number of anilines is 2. The number of halogens is 3. The lowest BCUT2D eigenvalue weighted by molar-refractivity contribution is -0.141. The molecule has 1 amide bonds. The molecule has 0 fully saturated rings. The minimum atomic E-state index is -4.75. The number of carbonyl (C=O) groups excluding carboxylic acids is 1. The van der Waals surface area contributed by atoms with Gasteiger partial charge in [-0.2, -0.15) is 13.2 Å². The summed E-state index contributed by atoms with van der Waals surface area (Å²) in [5, 5.41) is 9.12. The summed E-state index contributed by atoms with van der Waals surface area (Å²) in [5.74, 6) is -1.87. The lowest BCUT2D eigenvalue weighted by Gasteiger charge is -2.26. The molecule has 1 heterocycles. The molecule has 144 valence electrons. The predicted molar refractivity (Wildman–Crippen MR) is 88.8 cm³/mol. The fourth-order valence-electron chi connectivity index (χ4n) is 2.00. The third-order valence-corrected chi connectivity index (χ3v) is 3.06. The van der Waals surface area contributed by atoms with E-state index in [1.54, 1.807) is 20.8 Å². The van der Waals surface area contributed by atoms with E-state index < -0.39 is 35.5 Å². The smallest absolute Gasteiger partial charge is 0.433 e. The van der Waals surface area contributed by atoms with Crippen LogP contribution < -0.4 is 4.90 Å². The number of hydrogen-bond acceptors (Lipinski definition) is 5. The molecule has 1 aromatic carbocycles. The lowest BCUT2D eigenvalue weighted by atomic mass is 10.2. The van der Waals surface area contributed by atoms with Crippen molar-refractivity contribution in [3.63, 3.8) is 0 Å². The van der Waals surface area contributed by atoms with Gasteiger partial charge < -0.3 is 9.84 Å². The van der Waals surface area contributed by atoms with Crippen LogP contribution in [0.2, 0.25) is 0 Å². The van der Waals surface area contributed by atoms with E-state index in [0.29, 0.717) is 11.0 Å². The highest BCUT2D eigenvalue weighted by Crippen LogP contribution is 2.31. The number of rotatable bonds is 3. The van der Waals surface area contributed by atoms with Crippen LogP contribution in [-0.2, 0) is 10.9 Å². The Hall–Kier alpha value is -3.17. The van der Waals surface area contributed by atoms with E-state index in [-0.39, 0.29) is 11.3 Å². The van der Waals surface area contributed by atoms with Crippen molar-refractivity contribution < 1.29 is 32.6 Å². The van der Waals surface area contributed by atoms with Crippen molar-refractivity contribution in [3.8, 4) is 0 Å². The van der Waals surface area contributed by atoms with Crippen molar-refractivity contribution >= 4 is 23.7 Å². The number of nitrogens with zero attached hydrogens (tertiary/aromatic N) is 3. The molecule has 1 aromatic heterocycles. The average Bonchev–Trinajstić information content (AvgIpc) is 2.53. The number of aromatic carboxylic acids is 1. The van der Waals surface area contributed by atoms with Crippen LogP contribution in [0.1, 0.15) is 36.8 Å². The number of alkyl halides is 3. The fraction of sp³-hybridized carbons (Fsp3) is 0.294. The molecule has 2 aromatic rings. The Bertz CT molecular complexity index is 863. The maximum absolute atomic E-state index is 13.0. The topological polar surface area (TPSA) is 92.6 Å². The summed E-state index contributed by atoms with van der Waals surface area (Å²) < 4.78 is 44.1. The highest BCUT2D eigenvalue weighted by Gasteiger charge is 2.35. The van der Waals surface area contributed by atoms with Crippen LogP contribution in [0.4, 0.5) is 29.6 Å². The van der Waals surface area contributed by atoms with Crippen molar-refractivity contribution in [1.82, 2.24) is 9.97 Å². The third kappa shape index (κ3) is 5.16. The maximum atomic E-state index is 13.0. The Morgan fingerprint density at radius 2 is 1.81 bits per heavy atom. The Morgan fingerprint density at radius 3 is 2.37 bits per heavy atom. The zero-order valence-corrected chi connectivity index (χ0v) is 14.6. The SMILES string of the molecule is CC(C)(C)OC(=O)N(c1cccc(C(=O)O)c1)c1nccc(C(F)(F)F)n1. The summed E-state index contributed by atoms with van der Waals surface area (Å²) in [4.78, 5) is 31.6. The molecule has 0 saturated carbocycles. The van der Waals surface area contributed by atoms with Gasteiger partial charge in [0.25, 0.3) is 0 Å². The quantitative estimate of drug-likeness (QED) is 0.851. The van der Waals surface area contributed by atoms with Crippen LogP contribution in [-0.4, -0.2) is 32.7 Å². The number of carbonyl (C=O) groups is 2. The zero-order chi connectivity index (χ0) is 20.4. The van der Waals surface area contributed by atoms with Gasteiger partial charge in [-0.25, -0.2) is 24.5 Å². The van der Waals surface area contributed by atoms with Crippen LogP contribution >= 0.6 is 0 Å². The van der Waals surface area contributed by atoms with E-state index in [1.807, 2.05) is 0 Å². The number of aromatic nitrogens is 2. The summed E-state index contributed by atoms with van der Waals surface area (Å²) in [6.07, 6.45) is -4.95. The highest BCUT2D eigenvalue weighted by atomic mass is 19.4. The lowest BCUT2D eigenvalue weighted by Crippen LogP contribution is -2.35. The number of carboxylic acids is 1. The normalized spacial score (nSPS) is 11.8. The minimum absolute atomic E-state index is 0.0523. The second-order valence-electron chi connectivity index (χ2n) is 6.41. The maximum Gasteiger partial charge on any atom is 0.433 e. The molecule has 0 aliphatic carbocycles. The van der Waals surface area contributed by atoms with Gasteiger partial charge in [0.05, 0.1) is 11.3 Å². The van der Waals surface area contributed by atoms with Crippen LogP contribution in [0, 0.1) is 0 Å². The van der Waals surface area contributed by atoms with E-state index in [2.05, 4.69) is 9.97 Å². The highest BCUT2D eigenvalue weighted by molar-refractivity contribution is 5.96. The Kier molecular flexibility index (Phi) is 5.38. The van der Waals surface area contributed by atoms with Gasteiger partial charge in [-0.3, -0.25) is 0 Å². The molecule has 7 nitrogen and oxygen atoms in total. The number of hydrogen-bond donors (Lipinski definition) is 1. The second kappa shape index (κ2) is 7.22. The molecule has 27 heavy (non-hydrogen) atoms. The second-order valence-corrected chi connectivity index (χ2v) is 6.41. The first-order valence-corrected chi connectivity index (χ1v) is 7.65. The van der Waals surface area contributed by atoms with Gasteiger partial charge in [-0.15, -0.1) is 0 Å². The van der Waals surface area contributed by atoms with Gasteiger partial charge in [0.15, 0.2) is 0 Å². The van der Waals surface area contributed by atoms with E-state index in [9.17, 15) is 22.8 Å². The molecule has 0 radical (unpaired) electrons. The van der Waals surface area contributed by atoms with Crippen molar-refractivity contribution in [2.75, 3.05) is 4.90 Å². The van der Waals surface area contributed by atoms with E-state index in [4.69, 9.17) is 9.84 Å². The van der Waals surface area contributed by atoms with Gasteiger partial charge >= 0.3 is 18.2 Å². The molecular formula is C17H16F3N3O4. The zero-order valence-electron chi connectivity index (χ0n) is 14.6. The predicted octanol–water partition coefficient (Wildman–Crippen LogP) is 4.27. The molecule has 2 rings (SSSR count). The first kappa shape index (κ1) is 20.1. The largest absolute Gasteiger partial charge is 0.478 e. The Balaban J connectivity index is 2.59. The molecular weight excluding hydrogens is 367 g/mol. The number of carboxylic acid groups (broad SMARTS) is 1. The van der Waals surface area contributed by atoms with Gasteiger partial charge in [-0.1, -0.05) is 6.07 Å². The molecule has 1 N–H and O–H groups in total. The minimum Gasteiger partial charge on any atom is -0.478 e. The van der Waals surface area contributed by atoms with Crippen LogP contribution in [0.3, 0.4) is 0 Å². The fourth-order valence-corrected chi connectivity index (χ4v) is 2.00. The monoisotopic (exact) mass is 383 g/mol. The number of amides is 1. The van der Waals surface area contributed by atoms with Crippen molar-refractivity contribution in [2.24, 2.45) is 0 Å². The third-order valence-electron chi connectivity index (χ3n) is 3.06. The summed E-state index contributed by atoms with van der Waals surface area (Å²) >= 11 is 0. The molecule has 10 heteroatoms. The average molecular weight is 383 g/mol. The molecule has 0 unspecified atom stereocenters. The molecule has 0 aliphatic rings. The van der Waals surface area contributed by atoms with E-state index >= 15 is 0 Å². The van der Waals surface area contributed by atoms with Gasteiger partial charge in [0.1, 0.15) is 11.3 Å². The Morgan fingerprint density at radius 1 is 1.15 bits per heavy atom. The summed E-state index contributed by atoms with van der Waals surface area (Å²) in [5.41, 5.74) is -2.44. The summed E-state index contributed by atoms with van der Waals surface area (Å²) in [6, 6.07) is 5.70. The van der Waals surface area contributed by atoms with Gasteiger partial charge in [0.2, 0.25) is 5.95 Å². The first-order valence-electron chi connectivity index (χ1n) is 7.65. The first-order chi connectivity index (χ1) is 12.4. The number of benzene rings is 1. The Labute approximate surface area is 152 Å². The van der Waals surface area contributed by atoms with Gasteiger partial charge in [0, 0.05) is 6.20 Å². The molecule has 0 spiro atoms. The van der Waals surface area contributed by atoms with Crippen molar-refractivity contribution in [3.05, 3.63) is 47.8 Å². The molecule has 0 aliphatic heterocycles. The molecule has 0 atom stereocenters. The summed E-state index contributed by atoms with van der Waals surface area (Å²) in [6.45, 7) is 4.72. The molecule has 0 saturated heterocycles. The van der Waals surface area contributed by atoms with E-state index in [1.165, 1.54) is 18.2 Å². The van der Waals surface area contributed by atoms with Crippen molar-refractivity contribution in [2.45, 2.75) is 32.5 Å². The van der Waals surface area contributed by atoms with Crippen molar-refractivity contribution in [1.29, 1.82) is 0 Å². The standard InChI is InChI=1S/C17H16F3N3O4/c1-16(2,3)27-15(26)23(11-6-4-5-10(9-11)13(24)25)14-21-8-7-12(22-14)17(18,19)20/h4-9H,1-3H3,(H,24,25). The van der Waals surface area contributed by atoms with Crippen LogP contribution in [0.25, 0.3) is 0 Å². The van der Waals surface area contributed by atoms with E-state index in [0.717, 1.165) is 12.3 Å². The number of ether oxygens (including phenoxy) is 1.